The van der Waals surface area contributed by atoms with Gasteiger partial charge in [-0.15, -0.1) is 0 Å². The molecule has 0 unspecified atom stereocenters. The molecule has 1 amide bonds. The molecule has 0 saturated carbocycles. The number of hydrogen-bond donors (Lipinski definition) is 1. The van der Waals surface area contributed by atoms with Crippen molar-refractivity contribution in [3.8, 4) is 0 Å². The number of hydrogen-bond acceptors (Lipinski definition) is 5. The zero-order chi connectivity index (χ0) is 17.2. The zero-order valence-corrected chi connectivity index (χ0v) is 14.4. The van der Waals surface area contributed by atoms with E-state index in [1.165, 1.54) is 0 Å². The first-order valence-electron chi connectivity index (χ1n) is 7.81. The van der Waals surface area contributed by atoms with Crippen LogP contribution in [0.1, 0.15) is 60.3 Å². The summed E-state index contributed by atoms with van der Waals surface area (Å²) in [5.74, 6) is -0.240. The molecule has 0 aliphatic rings. The van der Waals surface area contributed by atoms with Gasteiger partial charge in [-0.25, -0.2) is 4.79 Å². The van der Waals surface area contributed by atoms with Gasteiger partial charge in [-0.2, -0.15) is 0 Å². The fourth-order valence-corrected chi connectivity index (χ4v) is 1.61. The molecule has 0 heterocycles. The van der Waals surface area contributed by atoms with Gasteiger partial charge in [-0.1, -0.05) is 0 Å². The molecule has 22 heavy (non-hydrogen) atoms. The van der Waals surface area contributed by atoms with Gasteiger partial charge in [-0.3, -0.25) is 9.59 Å². The Morgan fingerprint density at radius 2 is 1.68 bits per heavy atom. The van der Waals surface area contributed by atoms with Crippen LogP contribution in [0.4, 0.5) is 4.79 Å². The zero-order valence-electron chi connectivity index (χ0n) is 14.4. The van der Waals surface area contributed by atoms with E-state index in [4.69, 9.17) is 9.47 Å². The third-order valence-corrected chi connectivity index (χ3v) is 3.01. The maximum Gasteiger partial charge on any atom is 0.407 e. The van der Waals surface area contributed by atoms with Crippen LogP contribution in [-0.4, -0.2) is 37.1 Å². The van der Waals surface area contributed by atoms with Crippen molar-refractivity contribution < 1.29 is 23.9 Å². The minimum atomic E-state index is -0.572. The van der Waals surface area contributed by atoms with Crippen LogP contribution in [0, 0.1) is 5.41 Å². The van der Waals surface area contributed by atoms with Gasteiger partial charge in [0.15, 0.2) is 5.78 Å². The summed E-state index contributed by atoms with van der Waals surface area (Å²) < 4.78 is 9.86. The highest BCUT2D eigenvalue weighted by Crippen LogP contribution is 2.15. The molecule has 0 bridgehead atoms. The van der Waals surface area contributed by atoms with Crippen molar-refractivity contribution in [3.05, 3.63) is 0 Å². The molecule has 0 aromatic carbocycles. The normalized spacial score (nSPS) is 12.4. The van der Waals surface area contributed by atoms with Gasteiger partial charge in [0.2, 0.25) is 0 Å². The van der Waals surface area contributed by atoms with Crippen LogP contribution in [0.5, 0.6) is 0 Å². The van der Waals surface area contributed by atoms with Crippen LogP contribution in [0.2, 0.25) is 0 Å². The van der Waals surface area contributed by atoms with Crippen molar-refractivity contribution in [2.24, 2.45) is 5.41 Å². The molecule has 128 valence electrons. The SMILES string of the molecule is CCOC(=O)N[C@@H](C)C(=O)CCCCCOC(=O)C(C)(C)C. The quantitative estimate of drug-likeness (QED) is 0.522. The van der Waals surface area contributed by atoms with E-state index in [0.29, 0.717) is 19.4 Å². The van der Waals surface area contributed by atoms with Crippen LogP contribution >= 0.6 is 0 Å². The average Bonchev–Trinajstić information content (AvgIpc) is 2.41. The van der Waals surface area contributed by atoms with E-state index in [2.05, 4.69) is 5.32 Å². The number of alkyl carbamates (subject to hydrolysis) is 1. The summed E-state index contributed by atoms with van der Waals surface area (Å²) in [6.45, 7) is 9.44. The van der Waals surface area contributed by atoms with E-state index in [0.717, 1.165) is 12.8 Å². The Morgan fingerprint density at radius 3 is 2.23 bits per heavy atom. The molecule has 0 aliphatic carbocycles. The highest BCUT2D eigenvalue weighted by Gasteiger charge is 2.22. The van der Waals surface area contributed by atoms with Gasteiger partial charge in [0.1, 0.15) is 0 Å². The van der Waals surface area contributed by atoms with Crippen LogP contribution in [0.3, 0.4) is 0 Å². The Bertz CT molecular complexity index is 373. The first-order valence-corrected chi connectivity index (χ1v) is 7.81. The predicted octanol–water partition coefficient (Wildman–Crippen LogP) is 2.84. The van der Waals surface area contributed by atoms with Gasteiger partial charge in [0.05, 0.1) is 24.7 Å². The van der Waals surface area contributed by atoms with Gasteiger partial charge >= 0.3 is 12.1 Å². The van der Waals surface area contributed by atoms with Crippen molar-refractivity contribution in [1.82, 2.24) is 5.32 Å². The van der Waals surface area contributed by atoms with Crippen molar-refractivity contribution in [3.63, 3.8) is 0 Å². The van der Waals surface area contributed by atoms with Crippen molar-refractivity contribution in [2.45, 2.75) is 66.3 Å². The number of carbonyl (C=O) groups excluding carboxylic acids is 3. The molecule has 1 atom stereocenters. The maximum atomic E-state index is 11.8. The molecule has 6 heteroatoms. The summed E-state index contributed by atoms with van der Waals surface area (Å²) in [4.78, 5) is 34.5. The number of ether oxygens (including phenoxy) is 2. The third kappa shape index (κ3) is 9.37. The van der Waals surface area contributed by atoms with E-state index >= 15 is 0 Å². The lowest BCUT2D eigenvalue weighted by molar-refractivity contribution is -0.153. The molecule has 0 spiro atoms. The predicted molar refractivity (Wildman–Crippen MR) is 83.5 cm³/mol. The van der Waals surface area contributed by atoms with Crippen LogP contribution < -0.4 is 5.32 Å². The number of unbranched alkanes of at least 4 members (excludes halogenated alkanes) is 2. The number of Topliss-reactive ketones (excluding diaryl/α,β-unsaturated/α-hetero) is 1. The molecular formula is C16H29NO5. The minimum Gasteiger partial charge on any atom is -0.465 e. The number of esters is 1. The van der Waals surface area contributed by atoms with E-state index < -0.39 is 17.6 Å². The van der Waals surface area contributed by atoms with Gasteiger partial charge in [0.25, 0.3) is 0 Å². The molecule has 1 N–H and O–H groups in total. The number of amides is 1. The van der Waals surface area contributed by atoms with E-state index in [-0.39, 0.29) is 18.4 Å². The second-order valence-electron chi connectivity index (χ2n) is 6.25. The molecule has 0 fully saturated rings. The summed E-state index contributed by atoms with van der Waals surface area (Å²) in [7, 11) is 0. The van der Waals surface area contributed by atoms with Crippen LogP contribution in [-0.2, 0) is 19.1 Å². The van der Waals surface area contributed by atoms with Gasteiger partial charge in [0, 0.05) is 6.42 Å². The fourth-order valence-electron chi connectivity index (χ4n) is 1.61. The minimum absolute atomic E-state index is 0.0280. The topological polar surface area (TPSA) is 81.7 Å². The Hall–Kier alpha value is -1.59. The monoisotopic (exact) mass is 315 g/mol. The van der Waals surface area contributed by atoms with Gasteiger partial charge < -0.3 is 14.8 Å². The number of nitrogens with one attached hydrogen (secondary N) is 1. The highest BCUT2D eigenvalue weighted by atomic mass is 16.5. The van der Waals surface area contributed by atoms with E-state index in [9.17, 15) is 14.4 Å². The third-order valence-electron chi connectivity index (χ3n) is 3.01. The van der Waals surface area contributed by atoms with Crippen molar-refractivity contribution in [1.29, 1.82) is 0 Å². The fraction of sp³-hybridized carbons (Fsp3) is 0.812. The molecule has 0 radical (unpaired) electrons. The Balaban J connectivity index is 3.72. The lowest BCUT2D eigenvalue weighted by atomic mass is 9.97. The molecule has 0 aliphatic heterocycles. The Labute approximate surface area is 132 Å². The van der Waals surface area contributed by atoms with Crippen molar-refractivity contribution >= 4 is 17.8 Å². The maximum absolute atomic E-state index is 11.8. The summed E-state index contributed by atoms with van der Waals surface area (Å²) in [5, 5.41) is 2.48. The second kappa shape index (κ2) is 10.2. The van der Waals surface area contributed by atoms with Crippen molar-refractivity contribution in [2.75, 3.05) is 13.2 Å². The van der Waals surface area contributed by atoms with Crippen LogP contribution in [0.15, 0.2) is 0 Å². The molecule has 0 aromatic heterocycles. The first kappa shape index (κ1) is 20.4. The van der Waals surface area contributed by atoms with E-state index in [1.807, 2.05) is 20.8 Å². The second-order valence-corrected chi connectivity index (χ2v) is 6.25. The lowest BCUT2D eigenvalue weighted by Gasteiger charge is -2.16. The highest BCUT2D eigenvalue weighted by molar-refractivity contribution is 5.86. The molecular weight excluding hydrogens is 286 g/mol. The summed E-state index contributed by atoms with van der Waals surface area (Å²) in [6, 6.07) is -0.544. The lowest BCUT2D eigenvalue weighted by Crippen LogP contribution is -2.38. The molecule has 0 aromatic rings. The number of rotatable bonds is 9. The summed E-state index contributed by atoms with van der Waals surface area (Å²) >= 11 is 0. The largest absolute Gasteiger partial charge is 0.465 e. The molecule has 6 nitrogen and oxygen atoms in total. The van der Waals surface area contributed by atoms with E-state index in [1.54, 1.807) is 13.8 Å². The summed E-state index contributed by atoms with van der Waals surface area (Å²) in [5.41, 5.74) is -0.482. The van der Waals surface area contributed by atoms with Crippen LogP contribution in [0.25, 0.3) is 0 Å². The first-order chi connectivity index (χ1) is 10.2. The molecule has 0 rings (SSSR count). The number of ketones is 1. The molecule has 0 saturated heterocycles. The average molecular weight is 315 g/mol. The summed E-state index contributed by atoms with van der Waals surface area (Å²) in [6.07, 6.45) is 2.06. The van der Waals surface area contributed by atoms with Gasteiger partial charge in [-0.05, 0) is 53.9 Å². The Morgan fingerprint density at radius 1 is 1.05 bits per heavy atom. The Kier molecular flexibility index (Phi) is 9.45. The number of carbonyl (C=O) groups is 3. The smallest absolute Gasteiger partial charge is 0.407 e. The standard InChI is InChI=1S/C16H29NO5/c1-6-21-15(20)17-12(2)13(18)10-8-7-9-11-22-14(19)16(3,4)5/h12H,6-11H2,1-5H3,(H,17,20)/t12-/m0/s1.